The van der Waals surface area contributed by atoms with Gasteiger partial charge in [0.1, 0.15) is 78.4 Å². The van der Waals surface area contributed by atoms with Gasteiger partial charge < -0.3 is 118 Å². The van der Waals surface area contributed by atoms with Gasteiger partial charge in [-0.3, -0.25) is 9.59 Å². The van der Waals surface area contributed by atoms with Crippen molar-refractivity contribution in [3.8, 4) is 23.0 Å². The van der Waals surface area contributed by atoms with E-state index >= 15 is 9.59 Å². The van der Waals surface area contributed by atoms with E-state index in [1.54, 1.807) is 71.2 Å². The zero-order chi connectivity index (χ0) is 65.7. The van der Waals surface area contributed by atoms with Crippen LogP contribution in [0.4, 0.5) is 0 Å². The molecule has 502 valence electrons. The van der Waals surface area contributed by atoms with Gasteiger partial charge in [0.2, 0.25) is 12.2 Å². The number of esters is 1. The number of aromatic amines is 1. The number of Topliss-reactive ketones (excluding diaryl/α,β-unsaturated/α-hetero) is 1. The van der Waals surface area contributed by atoms with Crippen molar-refractivity contribution >= 4 is 39.3 Å². The zero-order valence-electron chi connectivity index (χ0n) is 52.2. The normalized spacial score (nSPS) is 36.9. The number of hydrogen-bond acceptors (Lipinski definition) is 25. The number of nitrogens with one attached hydrogen (secondary N) is 2. The molecule has 3 aromatic carbocycles. The van der Waals surface area contributed by atoms with Crippen molar-refractivity contribution in [2.75, 3.05) is 20.8 Å². The summed E-state index contributed by atoms with van der Waals surface area (Å²) in [6, 6.07) is 7.12. The number of amides is 1. The Morgan fingerprint density at radius 2 is 1.33 bits per heavy atom. The molecule has 11 N–H and O–H groups in total. The summed E-state index contributed by atoms with van der Waals surface area (Å²) in [7, 11) is 2.41. The van der Waals surface area contributed by atoms with Crippen LogP contribution >= 0.6 is 0 Å². The van der Waals surface area contributed by atoms with Gasteiger partial charge in [0.05, 0.1) is 78.6 Å². The number of ketones is 1. The smallest absolute Gasteiger partial charge is 0.328 e. The van der Waals surface area contributed by atoms with Gasteiger partial charge in [-0.15, -0.1) is 0 Å². The standard InChI is InChI=1S/C64H86N2O25/c1-11-14-81-35-12-13-38-36(19-35)34(25-65-38)17-39(63(77)80-10)66-62(76)60(79-9)37-16-32-15-33-18-41(87-46-21-42(54(70)28(4)83-46)88-45-20-40(67)53(69)27(3)82-45)26(2)52(68)50(33)57(73)51(32)58(74)59(37)91-48-23-43(55(71)30(6)85-48)89-47-22-44(56(72)29(5)84-47)90-49-24-64(8,78)61(75)31(7)86-49/h11-13,15,18-19,25,27-31,37,39-40,42-49,53-56,59-61,65,67-73,75,78H,1,14,16-17,20-24H2,2-10H3,(H,66,76)/t27-,28-,29-,30-,31-,37-,39+,40-,42-,43-,44-,45+,46+,47+,48+,49+,53-,54-,55-,56+,59+,60+,61-,64+/m1/s1. The van der Waals surface area contributed by atoms with Crippen LogP contribution in [0.3, 0.4) is 0 Å². The van der Waals surface area contributed by atoms with E-state index in [1.807, 2.05) is 0 Å². The molecule has 6 aliphatic rings. The number of methoxy groups -OCH3 is 2. The molecule has 0 saturated carbocycles. The highest BCUT2D eigenvalue weighted by Crippen LogP contribution is 2.48. The maximum Gasteiger partial charge on any atom is 0.328 e. The number of carbonyl (C=O) groups excluding carboxylic acids is 3. The maximum atomic E-state index is 15.5. The van der Waals surface area contributed by atoms with E-state index in [1.165, 1.54) is 34.1 Å². The van der Waals surface area contributed by atoms with Crippen molar-refractivity contribution in [2.45, 2.75) is 234 Å². The minimum atomic E-state index is -1.69. The SMILES string of the molecule is C=CCOc1ccc2[nH]cc(C[C@H](NC(=O)[C@@H](OC)[C@@H]3Cc4cc5cc(O[C@H]6C[C@@H](O[C@H]7C[C@@H](O)[C@H](O)[C@@H](C)O7)[C@H](O)[C@@H](C)O6)c(C)c(O)c5c(O)c4C(=O)[C@H]3O[C@H]3C[C@@H](O[C@H]4C[C@@H](O[C@H]5C[C@](C)(O)[C@H](O)[C@@H](C)O5)[C@@H](O)[C@@H](C)O4)[C@H](O)[C@@H](C)O3)C(=O)OC)c2c1. The van der Waals surface area contributed by atoms with Crippen LogP contribution in [0, 0.1) is 12.8 Å². The van der Waals surface area contributed by atoms with Crippen LogP contribution < -0.4 is 14.8 Å². The van der Waals surface area contributed by atoms with E-state index in [9.17, 15) is 50.8 Å². The van der Waals surface area contributed by atoms with Crippen molar-refractivity contribution in [2.24, 2.45) is 5.92 Å². The number of phenolic OH excluding ortho intramolecular Hbond substituents is 2. The third-order valence-corrected chi connectivity index (χ3v) is 18.4. The summed E-state index contributed by atoms with van der Waals surface area (Å²) < 4.78 is 78.8. The molecule has 4 aromatic rings. The predicted octanol–water partition coefficient (Wildman–Crippen LogP) is 2.39. The minimum Gasteiger partial charge on any atom is -0.507 e. The number of rotatable bonds is 20. The topological polar surface area (TPSA) is 381 Å². The summed E-state index contributed by atoms with van der Waals surface area (Å²) in [5.74, 6) is -4.25. The van der Waals surface area contributed by atoms with Crippen molar-refractivity contribution in [1.82, 2.24) is 10.3 Å². The van der Waals surface area contributed by atoms with Crippen LogP contribution in [0.15, 0.2) is 49.2 Å². The van der Waals surface area contributed by atoms with Gasteiger partial charge in [-0.2, -0.15) is 0 Å². The number of hydrogen-bond donors (Lipinski definition) is 11. The van der Waals surface area contributed by atoms with Gasteiger partial charge in [0.15, 0.2) is 30.9 Å². The first-order valence-electron chi connectivity index (χ1n) is 30.8. The molecule has 24 atom stereocenters. The molecule has 0 radical (unpaired) electrons. The molecule has 1 aromatic heterocycles. The number of benzene rings is 3. The lowest BCUT2D eigenvalue weighted by atomic mass is 9.76. The molecule has 27 nitrogen and oxygen atoms in total. The summed E-state index contributed by atoms with van der Waals surface area (Å²) >= 11 is 0. The van der Waals surface area contributed by atoms with Crippen LogP contribution in [0.1, 0.15) is 101 Å². The Hall–Kier alpha value is -5.67. The molecule has 0 bridgehead atoms. The van der Waals surface area contributed by atoms with E-state index in [-0.39, 0.29) is 84.8 Å². The highest BCUT2D eigenvalue weighted by molar-refractivity contribution is 6.11. The molecule has 1 aliphatic carbocycles. The zero-order valence-corrected chi connectivity index (χ0v) is 52.2. The molecule has 6 heterocycles. The van der Waals surface area contributed by atoms with Crippen LogP contribution in [0.5, 0.6) is 23.0 Å². The van der Waals surface area contributed by atoms with Crippen molar-refractivity contribution in [1.29, 1.82) is 0 Å². The second-order valence-corrected chi connectivity index (χ2v) is 25.0. The number of aromatic nitrogens is 1. The second kappa shape index (κ2) is 28.1. The molecule has 5 fully saturated rings. The summed E-state index contributed by atoms with van der Waals surface area (Å²) in [5.41, 5.74) is -0.150. The van der Waals surface area contributed by atoms with Crippen molar-refractivity contribution in [3.05, 3.63) is 71.4 Å². The number of fused-ring (bicyclic) bond motifs is 3. The Morgan fingerprint density at radius 3 is 1.92 bits per heavy atom. The lowest BCUT2D eigenvalue weighted by Crippen LogP contribution is -2.58. The number of phenols is 2. The van der Waals surface area contributed by atoms with Gasteiger partial charge in [0.25, 0.3) is 0 Å². The van der Waals surface area contributed by atoms with Crippen LogP contribution in [0.25, 0.3) is 21.7 Å². The molecule has 5 aliphatic heterocycles. The third-order valence-electron chi connectivity index (χ3n) is 18.4. The summed E-state index contributed by atoms with van der Waals surface area (Å²) in [6.45, 7) is 14.9. The lowest BCUT2D eigenvalue weighted by Gasteiger charge is -2.46. The monoisotopic (exact) mass is 1280 g/mol. The number of ether oxygens (including phenoxy) is 13. The van der Waals surface area contributed by atoms with E-state index in [4.69, 9.17) is 61.6 Å². The average Bonchev–Trinajstić information content (AvgIpc) is 1.12. The average molecular weight is 1280 g/mol. The first kappa shape index (κ1) is 68.2. The molecule has 91 heavy (non-hydrogen) atoms. The van der Waals surface area contributed by atoms with Gasteiger partial charge in [-0.25, -0.2) is 4.79 Å². The molecule has 27 heteroatoms. The summed E-state index contributed by atoms with van der Waals surface area (Å²) in [5, 5.41) is 104. The number of aliphatic hydroxyl groups is 7. The maximum absolute atomic E-state index is 15.5. The van der Waals surface area contributed by atoms with Crippen LogP contribution in [-0.4, -0.2) is 230 Å². The van der Waals surface area contributed by atoms with E-state index in [2.05, 4.69) is 16.9 Å². The number of carbonyl (C=O) groups is 3. The first-order chi connectivity index (χ1) is 43.2. The second-order valence-electron chi connectivity index (χ2n) is 25.0. The molecule has 1 amide bonds. The predicted molar refractivity (Wildman–Crippen MR) is 318 cm³/mol. The first-order valence-corrected chi connectivity index (χ1v) is 30.8. The molecule has 0 spiro atoms. The van der Waals surface area contributed by atoms with E-state index in [0.29, 0.717) is 16.7 Å². The Balaban J connectivity index is 0.943. The van der Waals surface area contributed by atoms with Crippen molar-refractivity contribution in [3.63, 3.8) is 0 Å². The van der Waals surface area contributed by atoms with Gasteiger partial charge in [0, 0.05) is 74.2 Å². The minimum absolute atomic E-state index is 0.0500. The summed E-state index contributed by atoms with van der Waals surface area (Å²) in [4.78, 5) is 47.4. The lowest BCUT2D eigenvalue weighted by molar-refractivity contribution is -0.334. The number of aliphatic hydroxyl groups excluding tert-OH is 6. The fourth-order valence-corrected chi connectivity index (χ4v) is 13.3. The van der Waals surface area contributed by atoms with E-state index in [0.717, 1.165) is 5.52 Å². The number of H-pyrrole nitrogens is 1. The van der Waals surface area contributed by atoms with E-state index < -0.39 is 176 Å². The molecule has 0 unspecified atom stereocenters. The highest BCUT2D eigenvalue weighted by atomic mass is 16.7. The molecular weight excluding hydrogens is 1200 g/mol. The van der Waals surface area contributed by atoms with Gasteiger partial charge >= 0.3 is 5.97 Å². The van der Waals surface area contributed by atoms with Gasteiger partial charge in [-0.05, 0) is 102 Å². The quantitative estimate of drug-likeness (QED) is 0.0447. The third kappa shape index (κ3) is 14.4. The Morgan fingerprint density at radius 1 is 0.758 bits per heavy atom. The summed E-state index contributed by atoms with van der Waals surface area (Å²) in [6.07, 6.45) is -20.8. The van der Waals surface area contributed by atoms with Crippen LogP contribution in [0.2, 0.25) is 0 Å². The largest absolute Gasteiger partial charge is 0.507 e. The Bertz CT molecular complexity index is 3240. The Kier molecular flexibility index (Phi) is 21.1. The molecule has 10 rings (SSSR count). The van der Waals surface area contributed by atoms with Gasteiger partial charge in [-0.1, -0.05) is 12.7 Å². The fraction of sp³-hybridized carbons (Fsp3) is 0.641. The molecule has 5 saturated heterocycles. The number of aromatic hydroxyl groups is 2. The Labute approximate surface area is 525 Å². The van der Waals surface area contributed by atoms with Crippen LogP contribution in [-0.2, 0) is 74.5 Å². The van der Waals surface area contributed by atoms with Crippen molar-refractivity contribution < 1.29 is 122 Å². The fourth-order valence-electron chi connectivity index (χ4n) is 13.3. The highest BCUT2D eigenvalue weighted by Gasteiger charge is 2.51. The molecular formula is C64H86N2O25.